The van der Waals surface area contributed by atoms with E-state index >= 15 is 0 Å². The number of amides is 1. The third kappa shape index (κ3) is 3.69. The normalized spacial score (nSPS) is 18.1. The molecule has 2 aliphatic rings. The molecule has 1 saturated heterocycles. The van der Waals surface area contributed by atoms with Gasteiger partial charge in [-0.05, 0) is 50.8 Å². The van der Waals surface area contributed by atoms with Gasteiger partial charge in [0.15, 0.2) is 16.7 Å². The summed E-state index contributed by atoms with van der Waals surface area (Å²) in [5.41, 5.74) is 1.61. The monoisotopic (exact) mass is 442 g/mol. The van der Waals surface area contributed by atoms with Crippen molar-refractivity contribution in [2.45, 2.75) is 43.6 Å². The summed E-state index contributed by atoms with van der Waals surface area (Å²) in [7, 11) is -1.85. The van der Waals surface area contributed by atoms with E-state index < -0.39 is 22.7 Å². The molecule has 0 spiro atoms. The Morgan fingerprint density at radius 1 is 1.23 bits per heavy atom. The Kier molecular flexibility index (Phi) is 4.77. The molecular formula is C23H23FN2O4S. The number of anilines is 1. The number of nitrogens with one attached hydrogen (secondary N) is 1. The van der Waals surface area contributed by atoms with E-state index in [1.165, 1.54) is 12.1 Å². The highest BCUT2D eigenvalue weighted by Crippen LogP contribution is 2.37. The van der Waals surface area contributed by atoms with E-state index in [1.54, 1.807) is 18.2 Å². The van der Waals surface area contributed by atoms with Crippen LogP contribution in [0, 0.1) is 5.82 Å². The predicted octanol–water partition coefficient (Wildman–Crippen LogP) is 4.34. The van der Waals surface area contributed by atoms with Gasteiger partial charge in [-0.1, -0.05) is 12.1 Å². The van der Waals surface area contributed by atoms with Gasteiger partial charge < -0.3 is 14.1 Å². The molecule has 1 atom stereocenters. The van der Waals surface area contributed by atoms with E-state index in [-0.39, 0.29) is 16.7 Å². The number of hydrogen-bond donors (Lipinski definition) is 1. The molecule has 0 bridgehead atoms. The molecule has 162 valence electrons. The summed E-state index contributed by atoms with van der Waals surface area (Å²) in [4.78, 5) is 15.2. The first-order valence-corrected chi connectivity index (χ1v) is 11.5. The van der Waals surface area contributed by atoms with Crippen molar-refractivity contribution in [2.24, 2.45) is 0 Å². The number of hydrogen-bond acceptors (Lipinski definition) is 5. The first-order chi connectivity index (χ1) is 14.8. The van der Waals surface area contributed by atoms with Crippen molar-refractivity contribution in [3.05, 3.63) is 53.5 Å². The average Bonchev–Trinajstić information content (AvgIpc) is 3.10. The molecule has 1 N–H and O–H groups in total. The fourth-order valence-electron chi connectivity index (χ4n) is 3.92. The molecule has 0 saturated carbocycles. The van der Waals surface area contributed by atoms with Gasteiger partial charge in [-0.25, -0.2) is 8.60 Å². The maximum atomic E-state index is 14.5. The van der Waals surface area contributed by atoms with E-state index in [2.05, 4.69) is 4.72 Å². The van der Waals surface area contributed by atoms with Crippen LogP contribution in [0.4, 0.5) is 10.1 Å². The summed E-state index contributed by atoms with van der Waals surface area (Å²) < 4.78 is 41.6. The Labute approximate surface area is 181 Å². The highest BCUT2D eigenvalue weighted by molar-refractivity contribution is 7.83. The molecule has 3 aromatic rings. The largest absolute Gasteiger partial charge is 0.486 e. The van der Waals surface area contributed by atoms with E-state index in [4.69, 9.17) is 9.15 Å². The molecular weight excluding hydrogens is 419 g/mol. The number of fused-ring (bicyclic) bond motifs is 2. The molecule has 6 nitrogen and oxygen atoms in total. The standard InChI is InChI=1S/C23H23FN2O4S/c1-23(2)8-7-14-5-3-6-20(21(14)30-23)31(28)25-22(27)19-13-16-17(24)11-15(12-18(16)29-19)26-9-4-10-26/h3,5-6,11-13H,4,7-10H2,1-2H3,(H,25,27). The predicted molar refractivity (Wildman–Crippen MR) is 116 cm³/mol. The number of nitrogens with zero attached hydrogens (tertiary/aromatic N) is 1. The fourth-order valence-corrected chi connectivity index (χ4v) is 4.85. The Morgan fingerprint density at radius 3 is 2.77 bits per heavy atom. The van der Waals surface area contributed by atoms with Gasteiger partial charge in [0.2, 0.25) is 0 Å². The van der Waals surface area contributed by atoms with Gasteiger partial charge in [0.1, 0.15) is 27.6 Å². The topological polar surface area (TPSA) is 71.8 Å². The van der Waals surface area contributed by atoms with Crippen LogP contribution in [0.2, 0.25) is 0 Å². The molecule has 1 unspecified atom stereocenters. The van der Waals surface area contributed by atoms with Crippen LogP contribution in [0.5, 0.6) is 5.75 Å². The van der Waals surface area contributed by atoms with Gasteiger partial charge in [-0.15, -0.1) is 0 Å². The third-order valence-corrected chi connectivity index (χ3v) is 6.93. The zero-order chi connectivity index (χ0) is 21.8. The Morgan fingerprint density at radius 2 is 2.03 bits per heavy atom. The first kappa shape index (κ1) is 20.1. The molecule has 5 rings (SSSR count). The zero-order valence-corrected chi connectivity index (χ0v) is 18.2. The summed E-state index contributed by atoms with van der Waals surface area (Å²) >= 11 is 0. The second kappa shape index (κ2) is 7.37. The zero-order valence-electron chi connectivity index (χ0n) is 17.4. The van der Waals surface area contributed by atoms with E-state index in [0.717, 1.165) is 43.6 Å². The highest BCUT2D eigenvalue weighted by Gasteiger charge is 2.30. The van der Waals surface area contributed by atoms with E-state index in [1.807, 2.05) is 24.8 Å². The summed E-state index contributed by atoms with van der Waals surface area (Å²) in [5, 5.41) is 0.224. The smallest absolute Gasteiger partial charge is 0.298 e. The molecule has 1 fully saturated rings. The molecule has 1 amide bonds. The number of benzene rings is 2. The molecule has 1 aromatic heterocycles. The molecule has 0 radical (unpaired) electrons. The summed E-state index contributed by atoms with van der Waals surface area (Å²) in [6.07, 6.45) is 2.73. The number of ether oxygens (including phenoxy) is 1. The molecule has 2 aromatic carbocycles. The van der Waals surface area contributed by atoms with Gasteiger partial charge in [0.05, 0.1) is 5.39 Å². The van der Waals surface area contributed by atoms with Gasteiger partial charge in [-0.3, -0.25) is 9.52 Å². The molecule has 2 aliphatic heterocycles. The summed E-state index contributed by atoms with van der Waals surface area (Å²) in [5.74, 6) is -0.663. The number of aryl methyl sites for hydroxylation is 1. The number of carbonyl (C=O) groups excluding carboxylic acids is 1. The van der Waals surface area contributed by atoms with Crippen LogP contribution >= 0.6 is 0 Å². The van der Waals surface area contributed by atoms with Crippen LogP contribution < -0.4 is 14.4 Å². The van der Waals surface area contributed by atoms with Crippen molar-refractivity contribution in [1.29, 1.82) is 0 Å². The quantitative estimate of drug-likeness (QED) is 0.651. The maximum Gasteiger partial charge on any atom is 0.298 e. The number of para-hydroxylation sites is 1. The van der Waals surface area contributed by atoms with Crippen molar-refractivity contribution >= 4 is 33.5 Å². The Balaban J connectivity index is 1.40. The third-order valence-electron chi connectivity index (χ3n) is 5.84. The first-order valence-electron chi connectivity index (χ1n) is 10.3. The molecule has 8 heteroatoms. The van der Waals surface area contributed by atoms with Crippen LogP contribution in [0.1, 0.15) is 42.8 Å². The lowest BCUT2D eigenvalue weighted by Gasteiger charge is -2.33. The summed E-state index contributed by atoms with van der Waals surface area (Å²) in [6, 6.07) is 9.94. The number of carbonyl (C=O) groups is 1. The Hall–Kier alpha value is -2.87. The number of halogens is 1. The molecule has 0 aliphatic carbocycles. The van der Waals surface area contributed by atoms with Crippen molar-refractivity contribution < 1.29 is 22.5 Å². The van der Waals surface area contributed by atoms with Crippen LogP contribution in [-0.2, 0) is 17.4 Å². The van der Waals surface area contributed by atoms with Crippen LogP contribution in [-0.4, -0.2) is 28.8 Å². The van der Waals surface area contributed by atoms with Crippen molar-refractivity contribution in [3.63, 3.8) is 0 Å². The van der Waals surface area contributed by atoms with Gasteiger partial charge in [-0.2, -0.15) is 0 Å². The van der Waals surface area contributed by atoms with Crippen LogP contribution in [0.15, 0.2) is 45.7 Å². The average molecular weight is 443 g/mol. The van der Waals surface area contributed by atoms with Crippen molar-refractivity contribution in [3.8, 4) is 5.75 Å². The summed E-state index contributed by atoms with van der Waals surface area (Å²) in [6.45, 7) is 5.70. The highest BCUT2D eigenvalue weighted by atomic mass is 32.2. The van der Waals surface area contributed by atoms with E-state index in [0.29, 0.717) is 16.2 Å². The van der Waals surface area contributed by atoms with Crippen LogP contribution in [0.25, 0.3) is 11.0 Å². The van der Waals surface area contributed by atoms with Gasteiger partial charge >= 0.3 is 0 Å². The minimum absolute atomic E-state index is 0.0888. The SMILES string of the molecule is CC1(C)CCc2cccc(S(=O)NC(=O)c3cc4c(F)cc(N5CCC5)cc4o3)c2O1. The molecule has 31 heavy (non-hydrogen) atoms. The minimum Gasteiger partial charge on any atom is -0.486 e. The minimum atomic E-state index is -1.85. The van der Waals surface area contributed by atoms with Gasteiger partial charge in [0.25, 0.3) is 5.91 Å². The number of furan rings is 1. The fraction of sp³-hybridized carbons (Fsp3) is 0.348. The molecule has 3 heterocycles. The van der Waals surface area contributed by atoms with Crippen molar-refractivity contribution in [2.75, 3.05) is 18.0 Å². The Bertz CT molecular complexity index is 1220. The van der Waals surface area contributed by atoms with Gasteiger partial charge in [0, 0.05) is 30.9 Å². The van der Waals surface area contributed by atoms with Crippen molar-refractivity contribution in [1.82, 2.24) is 4.72 Å². The lowest BCUT2D eigenvalue weighted by Crippen LogP contribution is -2.36. The van der Waals surface area contributed by atoms with Crippen LogP contribution in [0.3, 0.4) is 0 Å². The van der Waals surface area contributed by atoms with E-state index in [9.17, 15) is 13.4 Å². The second-order valence-corrected chi connectivity index (χ2v) is 9.78. The second-order valence-electron chi connectivity index (χ2n) is 8.60. The lowest BCUT2D eigenvalue weighted by atomic mass is 9.94. The lowest BCUT2D eigenvalue weighted by molar-refractivity contribution is 0.0807. The maximum absolute atomic E-state index is 14.5. The number of rotatable bonds is 4.